The monoisotopic (exact) mass is 248 g/mol. The molecule has 0 bridgehead atoms. The number of aromatic nitrogens is 2. The van der Waals surface area contributed by atoms with Crippen molar-refractivity contribution in [3.63, 3.8) is 0 Å². The van der Waals surface area contributed by atoms with Crippen LogP contribution in [0.4, 0.5) is 5.13 Å². The Kier molecular flexibility index (Phi) is 4.93. The van der Waals surface area contributed by atoms with E-state index in [0.717, 1.165) is 25.8 Å². The van der Waals surface area contributed by atoms with Crippen molar-refractivity contribution >= 4 is 34.8 Å². The van der Waals surface area contributed by atoms with E-state index >= 15 is 0 Å². The zero-order chi connectivity index (χ0) is 9.80. The molecule has 1 aromatic heterocycles. The molecule has 1 saturated heterocycles. The molecular formula is C8H13ClN4OS. The van der Waals surface area contributed by atoms with Crippen molar-refractivity contribution in [2.45, 2.75) is 25.3 Å². The molecule has 1 aromatic rings. The van der Waals surface area contributed by atoms with Crippen LogP contribution >= 0.6 is 23.7 Å². The Hall–Kier alpha value is -0.720. The van der Waals surface area contributed by atoms with Gasteiger partial charge in [-0.05, 0) is 19.4 Å². The summed E-state index contributed by atoms with van der Waals surface area (Å²) in [6.45, 7) is 0.925. The number of rotatable bonds is 2. The Morgan fingerprint density at radius 2 is 2.47 bits per heavy atom. The van der Waals surface area contributed by atoms with Crippen LogP contribution in [0.5, 0.6) is 0 Å². The second kappa shape index (κ2) is 5.99. The van der Waals surface area contributed by atoms with Crippen molar-refractivity contribution in [2.75, 3.05) is 11.9 Å². The van der Waals surface area contributed by atoms with Crippen LogP contribution in [0.15, 0.2) is 5.51 Å². The Bertz CT molecular complexity index is 300. The molecule has 0 radical (unpaired) electrons. The van der Waals surface area contributed by atoms with Crippen molar-refractivity contribution in [2.24, 2.45) is 0 Å². The van der Waals surface area contributed by atoms with Crippen molar-refractivity contribution in [3.05, 3.63) is 5.51 Å². The third-order valence-corrected chi connectivity index (χ3v) is 2.82. The lowest BCUT2D eigenvalue weighted by molar-refractivity contribution is -0.118. The molecule has 2 N–H and O–H groups in total. The topological polar surface area (TPSA) is 66.9 Å². The molecule has 2 heterocycles. The SMILES string of the molecule is Cl.O=C(Nc1nncs1)[C@@H]1CCCCN1. The fraction of sp³-hybridized carbons (Fsp3) is 0.625. The summed E-state index contributed by atoms with van der Waals surface area (Å²) in [5.41, 5.74) is 1.60. The van der Waals surface area contributed by atoms with Crippen molar-refractivity contribution in [1.29, 1.82) is 0 Å². The molecular weight excluding hydrogens is 236 g/mol. The van der Waals surface area contributed by atoms with E-state index in [1.165, 1.54) is 11.3 Å². The minimum Gasteiger partial charge on any atom is -0.306 e. The van der Waals surface area contributed by atoms with Gasteiger partial charge in [0.15, 0.2) is 0 Å². The number of carbonyl (C=O) groups is 1. The van der Waals surface area contributed by atoms with E-state index in [1.54, 1.807) is 5.51 Å². The maximum atomic E-state index is 11.6. The first-order chi connectivity index (χ1) is 6.86. The average Bonchev–Trinajstić information content (AvgIpc) is 2.72. The van der Waals surface area contributed by atoms with Crippen LogP contribution in [-0.4, -0.2) is 28.7 Å². The van der Waals surface area contributed by atoms with Gasteiger partial charge in [0.25, 0.3) is 0 Å². The molecule has 5 nitrogen and oxygen atoms in total. The summed E-state index contributed by atoms with van der Waals surface area (Å²) in [5, 5.41) is 13.9. The quantitative estimate of drug-likeness (QED) is 0.821. The van der Waals surface area contributed by atoms with E-state index in [1.807, 2.05) is 0 Å². The molecule has 84 valence electrons. The number of hydrogen-bond acceptors (Lipinski definition) is 5. The van der Waals surface area contributed by atoms with Crippen LogP contribution in [0.1, 0.15) is 19.3 Å². The Morgan fingerprint density at radius 3 is 3.07 bits per heavy atom. The van der Waals surface area contributed by atoms with Gasteiger partial charge in [-0.15, -0.1) is 22.6 Å². The maximum absolute atomic E-state index is 11.6. The van der Waals surface area contributed by atoms with Crippen LogP contribution in [-0.2, 0) is 4.79 Å². The first-order valence-corrected chi connectivity index (χ1v) is 5.54. The van der Waals surface area contributed by atoms with Gasteiger partial charge in [0.05, 0.1) is 6.04 Å². The highest BCUT2D eigenvalue weighted by atomic mass is 35.5. The van der Waals surface area contributed by atoms with Gasteiger partial charge in [-0.3, -0.25) is 10.1 Å². The molecule has 1 atom stereocenters. The summed E-state index contributed by atoms with van der Waals surface area (Å²) in [6, 6.07) is -0.0624. The molecule has 1 aliphatic heterocycles. The van der Waals surface area contributed by atoms with Crippen molar-refractivity contribution in [3.8, 4) is 0 Å². The normalized spacial score (nSPS) is 20.4. The van der Waals surface area contributed by atoms with Gasteiger partial charge < -0.3 is 5.32 Å². The van der Waals surface area contributed by atoms with Gasteiger partial charge in [0.1, 0.15) is 5.51 Å². The van der Waals surface area contributed by atoms with Gasteiger partial charge >= 0.3 is 0 Å². The number of hydrogen-bond donors (Lipinski definition) is 2. The molecule has 1 fully saturated rings. The summed E-state index contributed by atoms with van der Waals surface area (Å²) in [4.78, 5) is 11.6. The molecule has 0 aliphatic carbocycles. The average molecular weight is 249 g/mol. The molecule has 1 amide bonds. The van der Waals surface area contributed by atoms with Gasteiger partial charge in [-0.25, -0.2) is 0 Å². The third kappa shape index (κ3) is 3.40. The molecule has 7 heteroatoms. The van der Waals surface area contributed by atoms with Crippen LogP contribution in [0.25, 0.3) is 0 Å². The zero-order valence-corrected chi connectivity index (χ0v) is 9.74. The van der Waals surface area contributed by atoms with E-state index < -0.39 is 0 Å². The lowest BCUT2D eigenvalue weighted by Gasteiger charge is -2.21. The van der Waals surface area contributed by atoms with Crippen LogP contribution in [0, 0.1) is 0 Å². The lowest BCUT2D eigenvalue weighted by Crippen LogP contribution is -2.43. The van der Waals surface area contributed by atoms with Gasteiger partial charge in [-0.2, -0.15) is 0 Å². The smallest absolute Gasteiger partial charge is 0.243 e. The largest absolute Gasteiger partial charge is 0.306 e. The first-order valence-electron chi connectivity index (χ1n) is 4.66. The molecule has 0 saturated carbocycles. The van der Waals surface area contributed by atoms with Crippen LogP contribution < -0.4 is 10.6 Å². The zero-order valence-electron chi connectivity index (χ0n) is 8.10. The number of anilines is 1. The number of piperidine rings is 1. The second-order valence-electron chi connectivity index (χ2n) is 3.24. The third-order valence-electron chi connectivity index (χ3n) is 2.22. The van der Waals surface area contributed by atoms with E-state index in [4.69, 9.17) is 0 Å². The standard InChI is InChI=1S/C8H12N4OS.ClH/c13-7(6-3-1-2-4-9-6)11-8-12-10-5-14-8;/h5-6,9H,1-4H2,(H,11,12,13);1H/t6-;/m0./s1. The molecule has 0 unspecified atom stereocenters. The summed E-state index contributed by atoms with van der Waals surface area (Å²) >= 11 is 1.33. The fourth-order valence-electron chi connectivity index (χ4n) is 1.50. The Labute approximate surface area is 98.1 Å². The number of nitrogens with zero attached hydrogens (tertiary/aromatic N) is 2. The highest BCUT2D eigenvalue weighted by molar-refractivity contribution is 7.13. The summed E-state index contributed by atoms with van der Waals surface area (Å²) in [7, 11) is 0. The minimum atomic E-state index is -0.0624. The predicted molar refractivity (Wildman–Crippen MR) is 61.4 cm³/mol. The number of nitrogens with one attached hydrogen (secondary N) is 2. The van der Waals surface area contributed by atoms with Crippen molar-refractivity contribution < 1.29 is 4.79 Å². The van der Waals surface area contributed by atoms with Crippen LogP contribution in [0.3, 0.4) is 0 Å². The first kappa shape index (κ1) is 12.4. The molecule has 0 spiro atoms. The fourth-order valence-corrected chi connectivity index (χ4v) is 1.94. The predicted octanol–water partition coefficient (Wildman–Crippen LogP) is 1.04. The van der Waals surface area contributed by atoms with Crippen molar-refractivity contribution in [1.82, 2.24) is 15.5 Å². The lowest BCUT2D eigenvalue weighted by atomic mass is 10.0. The second-order valence-corrected chi connectivity index (χ2v) is 4.07. The van der Waals surface area contributed by atoms with E-state index in [-0.39, 0.29) is 24.4 Å². The minimum absolute atomic E-state index is 0. The Morgan fingerprint density at radius 1 is 1.60 bits per heavy atom. The van der Waals surface area contributed by atoms with Gasteiger partial charge in [-0.1, -0.05) is 17.8 Å². The Balaban J connectivity index is 0.00000112. The van der Waals surface area contributed by atoms with E-state index in [9.17, 15) is 4.79 Å². The summed E-state index contributed by atoms with van der Waals surface area (Å²) < 4.78 is 0. The van der Waals surface area contributed by atoms with E-state index in [2.05, 4.69) is 20.8 Å². The molecule has 15 heavy (non-hydrogen) atoms. The summed E-state index contributed by atoms with van der Waals surface area (Å²) in [5.74, 6) is 0.00134. The number of carbonyl (C=O) groups excluding carboxylic acids is 1. The molecule has 2 rings (SSSR count). The maximum Gasteiger partial charge on any atom is 0.243 e. The van der Waals surface area contributed by atoms with Crippen LogP contribution in [0.2, 0.25) is 0 Å². The highest BCUT2D eigenvalue weighted by Crippen LogP contribution is 2.12. The highest BCUT2D eigenvalue weighted by Gasteiger charge is 2.20. The van der Waals surface area contributed by atoms with Gasteiger partial charge in [0.2, 0.25) is 11.0 Å². The van der Waals surface area contributed by atoms with Gasteiger partial charge in [0, 0.05) is 0 Å². The molecule has 0 aromatic carbocycles. The van der Waals surface area contributed by atoms with E-state index in [0.29, 0.717) is 5.13 Å². The number of amides is 1. The molecule has 1 aliphatic rings. The summed E-state index contributed by atoms with van der Waals surface area (Å²) in [6.07, 6.45) is 3.18. The number of halogens is 1.